The third kappa shape index (κ3) is 2.61. The number of hydrogen-bond acceptors (Lipinski definition) is 4. The molecule has 0 aromatic carbocycles. The molecular weight excluding hydrogens is 156 g/mol. The number of aliphatic hydroxyl groups is 1. The maximum Gasteiger partial charge on any atom is 0.179 e. The first kappa shape index (κ1) is 10.5. The molecule has 1 unspecified atom stereocenters. The second kappa shape index (κ2) is 5.17. The minimum Gasteiger partial charge on any atom is -0.497 e. The van der Waals surface area contributed by atoms with Crippen molar-refractivity contribution in [3.8, 4) is 12.1 Å². The Morgan fingerprint density at radius 1 is 1.58 bits per heavy atom. The molecule has 0 heterocycles. The predicted molar refractivity (Wildman–Crippen MR) is 41.6 cm³/mol. The molecule has 0 saturated heterocycles. The van der Waals surface area contributed by atoms with Crippen LogP contribution in [-0.2, 0) is 4.74 Å². The quantitative estimate of drug-likeness (QED) is 0.380. The minimum absolute atomic E-state index is 0.0284. The van der Waals surface area contributed by atoms with Crippen LogP contribution in [0, 0.1) is 22.7 Å². The third-order valence-corrected chi connectivity index (χ3v) is 1.26. The van der Waals surface area contributed by atoms with E-state index in [4.69, 9.17) is 20.4 Å². The molecule has 12 heavy (non-hydrogen) atoms. The zero-order chi connectivity index (χ0) is 9.56. The molecule has 0 aliphatic rings. The number of rotatable bonds is 3. The summed E-state index contributed by atoms with van der Waals surface area (Å²) in [7, 11) is 0. The largest absolute Gasteiger partial charge is 0.497 e. The minimum atomic E-state index is -1.39. The molecule has 1 atom stereocenters. The average Bonchev–Trinajstić information content (AvgIpc) is 2.06. The van der Waals surface area contributed by atoms with E-state index in [-0.39, 0.29) is 5.57 Å². The first-order valence-electron chi connectivity index (χ1n) is 3.48. The molecule has 0 aliphatic heterocycles. The fourth-order valence-electron chi connectivity index (χ4n) is 0.691. The Morgan fingerprint density at radius 2 is 2.17 bits per heavy atom. The zero-order valence-corrected chi connectivity index (χ0v) is 7.03. The van der Waals surface area contributed by atoms with Crippen molar-refractivity contribution in [3.05, 3.63) is 11.3 Å². The van der Waals surface area contributed by atoms with Crippen molar-refractivity contribution >= 4 is 0 Å². The Bertz CT molecular complexity index is 257. The van der Waals surface area contributed by atoms with Crippen LogP contribution < -0.4 is 0 Å². The van der Waals surface area contributed by atoms with Gasteiger partial charge in [-0.25, -0.2) is 0 Å². The molecule has 0 saturated carbocycles. The topological polar surface area (TPSA) is 77.0 Å². The highest BCUT2D eigenvalue weighted by Gasteiger charge is 2.13. The lowest BCUT2D eigenvalue weighted by atomic mass is 10.1. The Balaban J connectivity index is 4.66. The van der Waals surface area contributed by atoms with E-state index in [0.29, 0.717) is 12.4 Å². The second-order valence-electron chi connectivity index (χ2n) is 2.05. The molecule has 4 heteroatoms. The zero-order valence-electron chi connectivity index (χ0n) is 7.03. The lowest BCUT2D eigenvalue weighted by Crippen LogP contribution is -2.09. The van der Waals surface area contributed by atoms with Crippen LogP contribution in [0.15, 0.2) is 11.3 Å². The number of hydrogen-bond donors (Lipinski definition) is 1. The van der Waals surface area contributed by atoms with Crippen LogP contribution in [0.5, 0.6) is 0 Å². The number of ether oxygens (including phenoxy) is 1. The Morgan fingerprint density at radius 3 is 2.50 bits per heavy atom. The van der Waals surface area contributed by atoms with Crippen molar-refractivity contribution in [2.75, 3.05) is 6.61 Å². The number of nitriles is 2. The summed E-state index contributed by atoms with van der Waals surface area (Å²) in [6.07, 6.45) is -1.39. The summed E-state index contributed by atoms with van der Waals surface area (Å²) in [6, 6.07) is 3.27. The maximum absolute atomic E-state index is 8.99. The highest BCUT2D eigenvalue weighted by Crippen LogP contribution is 2.08. The molecule has 0 amide bonds. The number of nitrogens with zero attached hydrogens (tertiary/aromatic N) is 2. The predicted octanol–water partition coefficient (Wildman–Crippen LogP) is 0.705. The molecular formula is C8H10N2O2. The molecule has 0 aromatic rings. The van der Waals surface area contributed by atoms with Crippen molar-refractivity contribution in [2.45, 2.75) is 20.0 Å². The van der Waals surface area contributed by atoms with Crippen LogP contribution in [0.2, 0.25) is 0 Å². The van der Waals surface area contributed by atoms with Gasteiger partial charge in [0.25, 0.3) is 0 Å². The van der Waals surface area contributed by atoms with Crippen molar-refractivity contribution < 1.29 is 9.84 Å². The van der Waals surface area contributed by atoms with E-state index >= 15 is 0 Å². The van der Waals surface area contributed by atoms with Crippen LogP contribution in [0.3, 0.4) is 0 Å². The van der Waals surface area contributed by atoms with Crippen molar-refractivity contribution in [2.24, 2.45) is 0 Å². The van der Waals surface area contributed by atoms with Gasteiger partial charge in [0.2, 0.25) is 0 Å². The maximum atomic E-state index is 8.99. The Labute approximate surface area is 71.3 Å². The van der Waals surface area contributed by atoms with Crippen molar-refractivity contribution in [1.82, 2.24) is 0 Å². The van der Waals surface area contributed by atoms with E-state index in [9.17, 15) is 0 Å². The van der Waals surface area contributed by atoms with Gasteiger partial charge in [-0.3, -0.25) is 0 Å². The van der Waals surface area contributed by atoms with Gasteiger partial charge in [0, 0.05) is 0 Å². The van der Waals surface area contributed by atoms with Crippen LogP contribution in [0.1, 0.15) is 13.8 Å². The van der Waals surface area contributed by atoms with Crippen LogP contribution in [-0.4, -0.2) is 17.8 Å². The lowest BCUT2D eigenvalue weighted by molar-refractivity contribution is 0.211. The van der Waals surface area contributed by atoms with E-state index in [1.165, 1.54) is 0 Å². The summed E-state index contributed by atoms with van der Waals surface area (Å²) in [5, 5.41) is 25.8. The molecule has 0 fully saturated rings. The van der Waals surface area contributed by atoms with Gasteiger partial charge < -0.3 is 9.84 Å². The van der Waals surface area contributed by atoms with E-state index in [1.54, 1.807) is 26.0 Å². The van der Waals surface area contributed by atoms with Gasteiger partial charge in [0.1, 0.15) is 17.4 Å². The molecule has 64 valence electrons. The molecule has 4 nitrogen and oxygen atoms in total. The Hall–Kier alpha value is -1.52. The standard InChI is InChI=1S/C8H10N2O2/c1-3-12-6(2)7(4-9)8(11)5-10/h8,11H,3H2,1-2H3. The van der Waals surface area contributed by atoms with E-state index in [2.05, 4.69) is 0 Å². The van der Waals surface area contributed by atoms with Gasteiger partial charge in [-0.15, -0.1) is 0 Å². The third-order valence-electron chi connectivity index (χ3n) is 1.26. The highest BCUT2D eigenvalue weighted by atomic mass is 16.5. The summed E-state index contributed by atoms with van der Waals surface area (Å²) in [5.41, 5.74) is -0.0284. The van der Waals surface area contributed by atoms with Gasteiger partial charge in [-0.05, 0) is 13.8 Å². The van der Waals surface area contributed by atoms with Gasteiger partial charge >= 0.3 is 0 Å². The van der Waals surface area contributed by atoms with Gasteiger partial charge in [-0.1, -0.05) is 0 Å². The number of aliphatic hydroxyl groups excluding tert-OH is 1. The smallest absolute Gasteiger partial charge is 0.179 e. The van der Waals surface area contributed by atoms with Crippen molar-refractivity contribution in [3.63, 3.8) is 0 Å². The lowest BCUT2D eigenvalue weighted by Gasteiger charge is -2.06. The molecule has 0 rings (SSSR count). The molecule has 0 aliphatic carbocycles. The Kier molecular flexibility index (Phi) is 4.52. The SMILES string of the molecule is CCOC(C)=C(C#N)C(O)C#N. The van der Waals surface area contributed by atoms with Gasteiger partial charge in [0.15, 0.2) is 6.10 Å². The van der Waals surface area contributed by atoms with E-state index < -0.39 is 6.10 Å². The fourth-order valence-corrected chi connectivity index (χ4v) is 0.691. The normalized spacial score (nSPS) is 13.8. The summed E-state index contributed by atoms with van der Waals surface area (Å²) < 4.78 is 4.96. The van der Waals surface area contributed by atoms with Crippen LogP contribution >= 0.6 is 0 Å². The summed E-state index contributed by atoms with van der Waals surface area (Å²) in [4.78, 5) is 0. The average molecular weight is 166 g/mol. The first-order valence-corrected chi connectivity index (χ1v) is 3.48. The second-order valence-corrected chi connectivity index (χ2v) is 2.05. The van der Waals surface area contributed by atoms with Crippen LogP contribution in [0.25, 0.3) is 0 Å². The van der Waals surface area contributed by atoms with Crippen LogP contribution in [0.4, 0.5) is 0 Å². The summed E-state index contributed by atoms with van der Waals surface area (Å²) in [5.74, 6) is 0.300. The molecule has 1 N–H and O–H groups in total. The number of allylic oxidation sites excluding steroid dienone is 1. The molecule has 0 spiro atoms. The molecule has 0 radical (unpaired) electrons. The molecule has 0 aromatic heterocycles. The summed E-state index contributed by atoms with van der Waals surface area (Å²) in [6.45, 7) is 3.72. The van der Waals surface area contributed by atoms with Crippen molar-refractivity contribution in [1.29, 1.82) is 10.5 Å². The first-order chi connectivity index (χ1) is 5.67. The monoisotopic (exact) mass is 166 g/mol. The fraction of sp³-hybridized carbons (Fsp3) is 0.500. The summed E-state index contributed by atoms with van der Waals surface area (Å²) >= 11 is 0. The molecule has 0 bridgehead atoms. The van der Waals surface area contributed by atoms with E-state index in [0.717, 1.165) is 0 Å². The van der Waals surface area contributed by atoms with Gasteiger partial charge in [0.05, 0.1) is 12.7 Å². The van der Waals surface area contributed by atoms with Gasteiger partial charge in [-0.2, -0.15) is 10.5 Å². The van der Waals surface area contributed by atoms with E-state index in [1.807, 2.05) is 0 Å². The highest BCUT2D eigenvalue weighted by molar-refractivity contribution is 5.32.